The highest BCUT2D eigenvalue weighted by Crippen LogP contribution is 2.14. The molecule has 1 nitrogen and oxygen atoms in total. The minimum Gasteiger partial charge on any atom is -1.00 e. The molecule has 1 aromatic heterocycles. The fourth-order valence-electron chi connectivity index (χ4n) is 1.24. The predicted octanol–water partition coefficient (Wildman–Crippen LogP) is -0.357. The molecule has 1 rings (SSSR count). The van der Waals surface area contributed by atoms with Crippen LogP contribution >= 0.6 is 0 Å². The Morgan fingerprint density at radius 2 is 1.44 bits per heavy atom. The molecule has 0 fully saturated rings. The number of halogens is 5. The first kappa shape index (κ1) is 15.6. The van der Waals surface area contributed by atoms with Gasteiger partial charge in [-0.05, 0) is 6.92 Å². The average Bonchev–Trinajstić information content (AvgIpc) is 2.24. The molecule has 0 aliphatic heterocycles. The average molecular weight is 349 g/mol. The zero-order valence-electron chi connectivity index (χ0n) is 8.96. The second kappa shape index (κ2) is 6.36. The van der Waals surface area contributed by atoms with Crippen LogP contribution in [0, 0.1) is 30.5 Å². The molecule has 0 amide bonds. The first-order chi connectivity index (χ1) is 7.00. The first-order valence-electron chi connectivity index (χ1n) is 4.73. The maximum atomic E-state index is 13.2. The third-order valence-electron chi connectivity index (χ3n) is 2.23. The van der Waals surface area contributed by atoms with Crippen LogP contribution in [0.2, 0.25) is 0 Å². The van der Waals surface area contributed by atoms with Gasteiger partial charge in [-0.2, -0.15) is 8.78 Å². The fourth-order valence-corrected chi connectivity index (χ4v) is 1.24. The van der Waals surface area contributed by atoms with Gasteiger partial charge in [0.1, 0.15) is 0 Å². The van der Waals surface area contributed by atoms with Crippen molar-refractivity contribution in [3.05, 3.63) is 29.1 Å². The lowest BCUT2D eigenvalue weighted by atomic mass is 10.2. The lowest BCUT2D eigenvalue weighted by molar-refractivity contribution is -0.753. The van der Waals surface area contributed by atoms with Crippen molar-refractivity contribution < 1.29 is 46.1 Å². The van der Waals surface area contributed by atoms with Crippen molar-refractivity contribution in [2.45, 2.75) is 33.2 Å². The summed E-state index contributed by atoms with van der Waals surface area (Å²) in [5, 5.41) is 0. The fraction of sp³-hybridized carbons (Fsp3) is 0.500. The summed E-state index contributed by atoms with van der Waals surface area (Å²) in [5.74, 6) is -5.35. The largest absolute Gasteiger partial charge is 1.00 e. The SMILES string of the molecule is CCCC[n+]1c(F)c(F)c(C)c(F)c1F.[I-]. The molecule has 6 heteroatoms. The molecule has 0 radical (unpaired) electrons. The van der Waals surface area contributed by atoms with Crippen LogP contribution in [0.15, 0.2) is 0 Å². The van der Waals surface area contributed by atoms with Gasteiger partial charge in [0, 0.05) is 12.0 Å². The summed E-state index contributed by atoms with van der Waals surface area (Å²) < 4.78 is 52.9. The lowest BCUT2D eigenvalue weighted by Crippen LogP contribution is -3.00. The molecule has 16 heavy (non-hydrogen) atoms. The van der Waals surface area contributed by atoms with E-state index in [2.05, 4.69) is 0 Å². The number of hydrogen-bond acceptors (Lipinski definition) is 0. The molecule has 92 valence electrons. The molecule has 0 bridgehead atoms. The summed E-state index contributed by atoms with van der Waals surface area (Å²) in [6.07, 6.45) is 1.14. The van der Waals surface area contributed by atoms with Crippen LogP contribution in [0.5, 0.6) is 0 Å². The molecule has 0 saturated carbocycles. The van der Waals surface area contributed by atoms with Crippen LogP contribution in [0.4, 0.5) is 17.6 Å². The summed E-state index contributed by atoms with van der Waals surface area (Å²) in [6, 6.07) is 0. The Labute approximate surface area is 108 Å². The standard InChI is InChI=1S/C10H12F4N.HI/c1-3-4-5-15-9(13)7(11)6(2)8(12)10(15)14;/h3-5H2,1-2H3;1H/q+1;/p-1. The number of rotatable bonds is 3. The Morgan fingerprint density at radius 1 is 1.00 bits per heavy atom. The van der Waals surface area contributed by atoms with Crippen molar-refractivity contribution in [3.63, 3.8) is 0 Å². The van der Waals surface area contributed by atoms with Gasteiger partial charge in [-0.15, -0.1) is 13.3 Å². The Bertz CT molecular complexity index is 353. The van der Waals surface area contributed by atoms with Gasteiger partial charge < -0.3 is 24.0 Å². The van der Waals surface area contributed by atoms with Crippen LogP contribution in [0.25, 0.3) is 0 Å². The van der Waals surface area contributed by atoms with Gasteiger partial charge in [0.2, 0.25) is 11.6 Å². The van der Waals surface area contributed by atoms with Crippen molar-refractivity contribution in [2.24, 2.45) is 0 Å². The molecule has 0 atom stereocenters. The number of pyridine rings is 1. The minimum atomic E-state index is -1.35. The summed E-state index contributed by atoms with van der Waals surface area (Å²) in [6.45, 7) is 2.75. The van der Waals surface area contributed by atoms with Gasteiger partial charge in [0.15, 0.2) is 6.54 Å². The van der Waals surface area contributed by atoms with Gasteiger partial charge in [-0.3, -0.25) is 0 Å². The van der Waals surface area contributed by atoms with E-state index in [9.17, 15) is 17.6 Å². The van der Waals surface area contributed by atoms with E-state index in [0.717, 1.165) is 6.92 Å². The number of aromatic nitrogens is 1. The van der Waals surface area contributed by atoms with Crippen LogP contribution in [-0.2, 0) is 6.54 Å². The van der Waals surface area contributed by atoms with Gasteiger partial charge in [0.25, 0.3) is 0 Å². The molecule has 0 unspecified atom stereocenters. The highest BCUT2D eigenvalue weighted by molar-refractivity contribution is 5.11. The van der Waals surface area contributed by atoms with Crippen LogP contribution in [-0.4, -0.2) is 0 Å². The van der Waals surface area contributed by atoms with E-state index in [1.807, 2.05) is 6.92 Å². The zero-order valence-corrected chi connectivity index (χ0v) is 11.1. The Kier molecular flexibility index (Phi) is 6.20. The van der Waals surface area contributed by atoms with Crippen molar-refractivity contribution >= 4 is 0 Å². The normalized spacial score (nSPS) is 10.1. The van der Waals surface area contributed by atoms with Crippen molar-refractivity contribution in [3.8, 4) is 0 Å². The van der Waals surface area contributed by atoms with E-state index in [-0.39, 0.29) is 30.5 Å². The van der Waals surface area contributed by atoms with E-state index >= 15 is 0 Å². The highest BCUT2D eigenvalue weighted by Gasteiger charge is 2.29. The number of unbranched alkanes of at least 4 members (excludes halogenated alkanes) is 1. The topological polar surface area (TPSA) is 3.88 Å². The number of nitrogens with zero attached hydrogens (tertiary/aromatic N) is 1. The maximum absolute atomic E-state index is 13.2. The van der Waals surface area contributed by atoms with E-state index in [4.69, 9.17) is 0 Å². The minimum absolute atomic E-state index is 0. The van der Waals surface area contributed by atoms with E-state index in [1.54, 1.807) is 0 Å². The van der Waals surface area contributed by atoms with Crippen molar-refractivity contribution in [2.75, 3.05) is 0 Å². The van der Waals surface area contributed by atoms with Crippen molar-refractivity contribution in [1.29, 1.82) is 0 Å². The summed E-state index contributed by atoms with van der Waals surface area (Å²) in [5.41, 5.74) is -0.627. The highest BCUT2D eigenvalue weighted by atomic mass is 127. The summed E-state index contributed by atoms with van der Waals surface area (Å²) in [4.78, 5) is 0. The maximum Gasteiger partial charge on any atom is 0.398 e. The molecule has 0 aliphatic rings. The second-order valence-electron chi connectivity index (χ2n) is 3.34. The van der Waals surface area contributed by atoms with Gasteiger partial charge in [-0.1, -0.05) is 13.3 Å². The molecule has 1 heterocycles. The van der Waals surface area contributed by atoms with Crippen molar-refractivity contribution in [1.82, 2.24) is 0 Å². The van der Waals surface area contributed by atoms with Gasteiger partial charge in [0.05, 0.1) is 0 Å². The third kappa shape index (κ3) is 2.83. The Balaban J connectivity index is 0.00000225. The molecule has 0 N–H and O–H groups in total. The molecule has 0 aromatic carbocycles. The Morgan fingerprint density at radius 3 is 1.81 bits per heavy atom. The van der Waals surface area contributed by atoms with Crippen LogP contribution in [0.3, 0.4) is 0 Å². The quantitative estimate of drug-likeness (QED) is 0.304. The third-order valence-corrected chi connectivity index (χ3v) is 2.23. The number of hydrogen-bond donors (Lipinski definition) is 0. The molecule has 1 aromatic rings. The molecular weight excluding hydrogens is 337 g/mol. The van der Waals surface area contributed by atoms with Crippen LogP contribution in [0.1, 0.15) is 25.3 Å². The zero-order chi connectivity index (χ0) is 11.6. The monoisotopic (exact) mass is 349 g/mol. The van der Waals surface area contributed by atoms with E-state index in [1.165, 1.54) is 0 Å². The Hall–Kier alpha value is -0.400. The smallest absolute Gasteiger partial charge is 0.398 e. The van der Waals surface area contributed by atoms with E-state index < -0.39 is 29.1 Å². The molecular formula is C10H12F4IN. The van der Waals surface area contributed by atoms with Gasteiger partial charge in [-0.25, -0.2) is 0 Å². The molecule has 0 aliphatic carbocycles. The van der Waals surface area contributed by atoms with Gasteiger partial charge >= 0.3 is 11.9 Å². The second-order valence-corrected chi connectivity index (χ2v) is 3.34. The lowest BCUT2D eigenvalue weighted by Gasteiger charge is -2.02. The predicted molar refractivity (Wildman–Crippen MR) is 46.1 cm³/mol. The first-order valence-corrected chi connectivity index (χ1v) is 4.73. The van der Waals surface area contributed by atoms with E-state index in [0.29, 0.717) is 17.4 Å². The van der Waals surface area contributed by atoms with Crippen LogP contribution < -0.4 is 28.5 Å². The summed E-state index contributed by atoms with van der Waals surface area (Å²) in [7, 11) is 0. The summed E-state index contributed by atoms with van der Waals surface area (Å²) >= 11 is 0. The molecule has 0 spiro atoms. The molecule has 0 saturated heterocycles.